The molecule has 0 saturated heterocycles. The minimum absolute atomic E-state index is 0.324. The molecule has 0 aliphatic heterocycles. The third-order valence-electron chi connectivity index (χ3n) is 5.77. The van der Waals surface area contributed by atoms with Crippen LogP contribution in [0, 0.1) is 6.92 Å². The van der Waals surface area contributed by atoms with Gasteiger partial charge in [-0.25, -0.2) is 8.42 Å². The molecule has 6 heteroatoms. The lowest BCUT2D eigenvalue weighted by atomic mass is 10.0. The Morgan fingerprint density at radius 2 is 1.41 bits per heavy atom. The van der Waals surface area contributed by atoms with Crippen LogP contribution in [0.1, 0.15) is 35.8 Å². The molecule has 1 atom stereocenters. The van der Waals surface area contributed by atoms with Gasteiger partial charge in [0.15, 0.2) is 9.84 Å². The standard InChI is InChI=1S/C26H31BrN2O2S/c1-6-29(7-2)22-14-17-24(25(27)18-22)26(20-10-12-21(13-11-20)28(4)5)32(30,31)23-15-8-19(3)9-16-23/h8-18,26H,6-7H2,1-5H3. The number of rotatable bonds is 8. The Morgan fingerprint density at radius 3 is 1.91 bits per heavy atom. The number of hydrogen-bond donors (Lipinski definition) is 0. The molecule has 1 unspecified atom stereocenters. The van der Waals surface area contributed by atoms with Gasteiger partial charge < -0.3 is 9.80 Å². The lowest BCUT2D eigenvalue weighted by Gasteiger charge is -2.25. The second-order valence-corrected chi connectivity index (χ2v) is 11.0. The van der Waals surface area contributed by atoms with Crippen molar-refractivity contribution in [1.82, 2.24) is 0 Å². The minimum atomic E-state index is -3.68. The highest BCUT2D eigenvalue weighted by Gasteiger charge is 2.32. The van der Waals surface area contributed by atoms with Crippen molar-refractivity contribution in [2.24, 2.45) is 0 Å². The van der Waals surface area contributed by atoms with E-state index in [9.17, 15) is 8.42 Å². The van der Waals surface area contributed by atoms with Gasteiger partial charge >= 0.3 is 0 Å². The van der Waals surface area contributed by atoms with E-state index >= 15 is 0 Å². The topological polar surface area (TPSA) is 40.6 Å². The fourth-order valence-electron chi connectivity index (χ4n) is 3.85. The first-order chi connectivity index (χ1) is 15.2. The highest BCUT2D eigenvalue weighted by Crippen LogP contribution is 2.40. The summed E-state index contributed by atoms with van der Waals surface area (Å²) in [6.07, 6.45) is 0. The molecule has 0 amide bonds. The van der Waals surface area contributed by atoms with Crippen LogP contribution < -0.4 is 9.80 Å². The molecule has 0 saturated carbocycles. The van der Waals surface area contributed by atoms with Crippen LogP contribution in [0.2, 0.25) is 0 Å². The maximum absolute atomic E-state index is 13.9. The zero-order chi connectivity index (χ0) is 23.5. The number of aryl methyl sites for hydroxylation is 1. The van der Waals surface area contributed by atoms with E-state index in [0.29, 0.717) is 4.90 Å². The van der Waals surface area contributed by atoms with Gasteiger partial charge in [0.05, 0.1) is 4.90 Å². The van der Waals surface area contributed by atoms with Crippen LogP contribution >= 0.6 is 15.9 Å². The Hall–Kier alpha value is -2.31. The van der Waals surface area contributed by atoms with Crippen LogP contribution in [0.3, 0.4) is 0 Å². The largest absolute Gasteiger partial charge is 0.378 e. The van der Waals surface area contributed by atoms with E-state index in [1.54, 1.807) is 12.1 Å². The number of nitrogens with zero attached hydrogens (tertiary/aromatic N) is 2. The van der Waals surface area contributed by atoms with Crippen molar-refractivity contribution in [2.75, 3.05) is 37.0 Å². The quantitative estimate of drug-likeness (QED) is 0.357. The molecule has 0 aromatic heterocycles. The Morgan fingerprint density at radius 1 is 0.844 bits per heavy atom. The predicted molar refractivity (Wildman–Crippen MR) is 139 cm³/mol. The minimum Gasteiger partial charge on any atom is -0.378 e. The summed E-state index contributed by atoms with van der Waals surface area (Å²) in [4.78, 5) is 4.57. The zero-order valence-electron chi connectivity index (χ0n) is 19.3. The first-order valence-electron chi connectivity index (χ1n) is 10.8. The molecule has 0 radical (unpaired) electrons. The summed E-state index contributed by atoms with van der Waals surface area (Å²) in [6.45, 7) is 7.96. The van der Waals surface area contributed by atoms with Gasteiger partial charge in [0.25, 0.3) is 0 Å². The van der Waals surface area contributed by atoms with Gasteiger partial charge in [-0.05, 0) is 68.3 Å². The molecule has 170 valence electrons. The van der Waals surface area contributed by atoms with Gasteiger partial charge in [0.2, 0.25) is 0 Å². The summed E-state index contributed by atoms with van der Waals surface area (Å²) in [6, 6.07) is 20.8. The molecule has 0 aliphatic rings. The van der Waals surface area contributed by atoms with Crippen LogP contribution in [0.4, 0.5) is 11.4 Å². The van der Waals surface area contributed by atoms with Crippen LogP contribution in [0.15, 0.2) is 76.1 Å². The van der Waals surface area contributed by atoms with Gasteiger partial charge in [-0.15, -0.1) is 0 Å². The molecule has 0 heterocycles. The molecule has 0 bridgehead atoms. The molecular weight excluding hydrogens is 484 g/mol. The van der Waals surface area contributed by atoms with Crippen LogP contribution in [-0.4, -0.2) is 35.6 Å². The summed E-state index contributed by atoms with van der Waals surface area (Å²) in [7, 11) is 0.260. The van der Waals surface area contributed by atoms with Crippen LogP contribution in [0.5, 0.6) is 0 Å². The van der Waals surface area contributed by atoms with Gasteiger partial charge in [-0.3, -0.25) is 0 Å². The van der Waals surface area contributed by atoms with Gasteiger partial charge in [-0.1, -0.05) is 51.8 Å². The molecule has 4 nitrogen and oxygen atoms in total. The molecule has 3 aromatic carbocycles. The van der Waals surface area contributed by atoms with Crippen molar-refractivity contribution >= 4 is 37.1 Å². The van der Waals surface area contributed by atoms with E-state index in [2.05, 4.69) is 34.7 Å². The highest BCUT2D eigenvalue weighted by atomic mass is 79.9. The molecule has 0 fully saturated rings. The van der Waals surface area contributed by atoms with E-state index in [4.69, 9.17) is 0 Å². The summed E-state index contributed by atoms with van der Waals surface area (Å²) in [5.74, 6) is 0. The molecule has 0 N–H and O–H groups in total. The second-order valence-electron chi connectivity index (χ2n) is 8.10. The van der Waals surface area contributed by atoms with Crippen molar-refractivity contribution in [3.63, 3.8) is 0 Å². The van der Waals surface area contributed by atoms with Crippen LogP contribution in [-0.2, 0) is 9.84 Å². The highest BCUT2D eigenvalue weighted by molar-refractivity contribution is 9.10. The number of sulfone groups is 1. The lowest BCUT2D eigenvalue weighted by molar-refractivity contribution is 0.589. The van der Waals surface area contributed by atoms with Gasteiger partial charge in [0, 0.05) is 43.0 Å². The number of halogens is 1. The van der Waals surface area contributed by atoms with E-state index in [1.807, 2.05) is 80.5 Å². The van der Waals surface area contributed by atoms with Crippen molar-refractivity contribution in [1.29, 1.82) is 0 Å². The monoisotopic (exact) mass is 514 g/mol. The summed E-state index contributed by atoms with van der Waals surface area (Å²) in [5, 5.41) is -0.818. The Bertz CT molecular complexity index is 1150. The average molecular weight is 516 g/mol. The first kappa shape index (κ1) is 24.3. The van der Waals surface area contributed by atoms with E-state index in [-0.39, 0.29) is 0 Å². The maximum atomic E-state index is 13.9. The summed E-state index contributed by atoms with van der Waals surface area (Å²) < 4.78 is 28.6. The van der Waals surface area contributed by atoms with E-state index in [0.717, 1.165) is 45.6 Å². The number of anilines is 2. The fraction of sp³-hybridized carbons (Fsp3) is 0.308. The van der Waals surface area contributed by atoms with Crippen molar-refractivity contribution in [3.05, 3.63) is 87.9 Å². The van der Waals surface area contributed by atoms with Gasteiger partial charge in [0.1, 0.15) is 5.25 Å². The third kappa shape index (κ3) is 5.02. The Kier molecular flexibility index (Phi) is 7.67. The molecule has 3 aromatic rings. The molecule has 32 heavy (non-hydrogen) atoms. The van der Waals surface area contributed by atoms with Crippen molar-refractivity contribution in [2.45, 2.75) is 30.9 Å². The maximum Gasteiger partial charge on any atom is 0.189 e. The van der Waals surface area contributed by atoms with Crippen molar-refractivity contribution in [3.8, 4) is 0 Å². The summed E-state index contributed by atoms with van der Waals surface area (Å²) in [5.41, 5.74) is 4.60. The summed E-state index contributed by atoms with van der Waals surface area (Å²) >= 11 is 3.69. The van der Waals surface area contributed by atoms with E-state index in [1.165, 1.54) is 0 Å². The normalized spacial score (nSPS) is 12.4. The third-order valence-corrected chi connectivity index (χ3v) is 8.53. The SMILES string of the molecule is CCN(CC)c1ccc(C(c2ccc(N(C)C)cc2)S(=O)(=O)c2ccc(C)cc2)c(Br)c1. The number of benzene rings is 3. The predicted octanol–water partition coefficient (Wildman–Crippen LogP) is 6.23. The zero-order valence-corrected chi connectivity index (χ0v) is 21.7. The smallest absolute Gasteiger partial charge is 0.189 e. The molecule has 3 rings (SSSR count). The van der Waals surface area contributed by atoms with Crippen molar-refractivity contribution < 1.29 is 8.42 Å². The Labute approximate surface area is 200 Å². The molecule has 0 spiro atoms. The van der Waals surface area contributed by atoms with E-state index < -0.39 is 15.1 Å². The molecule has 0 aliphatic carbocycles. The lowest BCUT2D eigenvalue weighted by Crippen LogP contribution is -2.22. The second kappa shape index (κ2) is 10.1. The Balaban J connectivity index is 2.18. The first-order valence-corrected chi connectivity index (χ1v) is 13.1. The van der Waals surface area contributed by atoms with Gasteiger partial charge in [-0.2, -0.15) is 0 Å². The fourth-order valence-corrected chi connectivity index (χ4v) is 6.44. The average Bonchev–Trinajstić information content (AvgIpc) is 2.77. The molecular formula is C26H31BrN2O2S. The number of hydrogen-bond acceptors (Lipinski definition) is 4. The van der Waals surface area contributed by atoms with Crippen LogP contribution in [0.25, 0.3) is 0 Å².